The van der Waals surface area contributed by atoms with Crippen LogP contribution in [0.2, 0.25) is 0 Å². The van der Waals surface area contributed by atoms with E-state index in [2.05, 4.69) is 38.8 Å². The maximum absolute atomic E-state index is 15.0. The van der Waals surface area contributed by atoms with Gasteiger partial charge in [-0.2, -0.15) is 0 Å². The summed E-state index contributed by atoms with van der Waals surface area (Å²) in [5, 5.41) is 0. The number of amides is 1. The predicted octanol–water partition coefficient (Wildman–Crippen LogP) is 4.07. The zero-order chi connectivity index (χ0) is 27.0. The Morgan fingerprint density at radius 3 is 2.50 bits per heavy atom. The van der Waals surface area contributed by atoms with Crippen LogP contribution in [0.1, 0.15) is 38.1 Å². The van der Waals surface area contributed by atoms with E-state index in [1.807, 2.05) is 26.0 Å². The maximum Gasteiger partial charge on any atom is 0.265 e. The number of benzene rings is 1. The number of hydrogen-bond donors (Lipinski definition) is 0. The Hall–Kier alpha value is -3.66. The molecular formula is C28H32F2N6O2. The molecule has 8 nitrogen and oxygen atoms in total. The summed E-state index contributed by atoms with van der Waals surface area (Å²) in [6, 6.07) is 7.07. The molecule has 2 aromatic heterocycles. The lowest BCUT2D eigenvalue weighted by atomic mass is 10.0. The van der Waals surface area contributed by atoms with Gasteiger partial charge in [0.15, 0.2) is 24.0 Å². The molecule has 10 heteroatoms. The molecule has 200 valence electrons. The molecule has 0 atom stereocenters. The first-order chi connectivity index (χ1) is 18.2. The number of rotatable bonds is 6. The number of piperidine rings is 1. The first kappa shape index (κ1) is 26.0. The van der Waals surface area contributed by atoms with Gasteiger partial charge in [-0.05, 0) is 64.5 Å². The van der Waals surface area contributed by atoms with Crippen LogP contribution in [0.15, 0.2) is 36.7 Å². The Labute approximate surface area is 221 Å². The molecule has 4 heterocycles. The standard InChI is InChI=1S/C28H32F2N6O2/c1-17(2)36-23-13-19(12-21(29)28(23)38-16-26(36)37)27-22(30)15-31-24(33-27)11-18-5-6-25(32-14-18)35-9-7-20(8-10-35)34(3)4/h5-6,12-15,17,20H,7-11,16H2,1-4H3. The number of fused-ring (bicyclic) bond motifs is 1. The molecule has 1 fully saturated rings. The lowest BCUT2D eigenvalue weighted by Crippen LogP contribution is -2.43. The van der Waals surface area contributed by atoms with E-state index in [0.29, 0.717) is 18.3 Å². The van der Waals surface area contributed by atoms with Crippen molar-refractivity contribution in [3.63, 3.8) is 0 Å². The highest BCUT2D eigenvalue weighted by Gasteiger charge is 2.31. The summed E-state index contributed by atoms with van der Waals surface area (Å²) in [7, 11) is 4.24. The van der Waals surface area contributed by atoms with Crippen LogP contribution in [0, 0.1) is 11.6 Å². The van der Waals surface area contributed by atoms with Crippen molar-refractivity contribution in [2.75, 3.05) is 43.6 Å². The molecule has 0 N–H and O–H groups in total. The lowest BCUT2D eigenvalue weighted by molar-refractivity contribution is -0.121. The van der Waals surface area contributed by atoms with Crippen LogP contribution in [0.3, 0.4) is 0 Å². The minimum absolute atomic E-state index is 0.0196. The summed E-state index contributed by atoms with van der Waals surface area (Å²) < 4.78 is 35.2. The van der Waals surface area contributed by atoms with Gasteiger partial charge in [0, 0.05) is 43.4 Å². The highest BCUT2D eigenvalue weighted by atomic mass is 19.1. The zero-order valence-electron chi connectivity index (χ0n) is 22.1. The lowest BCUT2D eigenvalue weighted by Gasteiger charge is -2.35. The highest BCUT2D eigenvalue weighted by molar-refractivity contribution is 5.99. The summed E-state index contributed by atoms with van der Waals surface area (Å²) >= 11 is 0. The summed E-state index contributed by atoms with van der Waals surface area (Å²) in [5.74, 6) is -0.345. The molecule has 0 spiro atoms. The SMILES string of the molecule is CC(C)N1C(=O)COc2c(F)cc(-c3nc(Cc4ccc(N5CCC(N(C)C)CC5)nc4)ncc3F)cc21. The Morgan fingerprint density at radius 1 is 1.08 bits per heavy atom. The molecule has 3 aromatic rings. The third-order valence-corrected chi connectivity index (χ3v) is 7.17. The van der Waals surface area contributed by atoms with Crippen molar-refractivity contribution >= 4 is 17.4 Å². The number of pyridine rings is 1. The average molecular weight is 523 g/mol. The van der Waals surface area contributed by atoms with Gasteiger partial charge < -0.3 is 19.4 Å². The van der Waals surface area contributed by atoms with Gasteiger partial charge in [0.25, 0.3) is 5.91 Å². The first-order valence-corrected chi connectivity index (χ1v) is 12.9. The fraction of sp³-hybridized carbons (Fsp3) is 0.429. The molecule has 1 aromatic carbocycles. The van der Waals surface area contributed by atoms with Crippen LogP contribution in [0.4, 0.5) is 20.3 Å². The van der Waals surface area contributed by atoms with Gasteiger partial charge in [0.2, 0.25) is 0 Å². The van der Waals surface area contributed by atoms with Crippen LogP contribution >= 0.6 is 0 Å². The molecule has 5 rings (SSSR count). The van der Waals surface area contributed by atoms with E-state index >= 15 is 0 Å². The van der Waals surface area contributed by atoms with E-state index in [1.165, 1.54) is 11.0 Å². The van der Waals surface area contributed by atoms with Gasteiger partial charge in [0.05, 0.1) is 11.9 Å². The van der Waals surface area contributed by atoms with Crippen molar-refractivity contribution in [3.05, 3.63) is 59.7 Å². The van der Waals surface area contributed by atoms with Gasteiger partial charge in [-0.15, -0.1) is 0 Å². The summed E-state index contributed by atoms with van der Waals surface area (Å²) in [4.78, 5) is 31.6. The molecule has 0 bridgehead atoms. The number of carbonyl (C=O) groups is 1. The number of hydrogen-bond acceptors (Lipinski definition) is 7. The number of ether oxygens (including phenoxy) is 1. The Bertz CT molecular complexity index is 1320. The molecule has 2 aliphatic heterocycles. The third kappa shape index (κ3) is 5.18. The van der Waals surface area contributed by atoms with E-state index in [-0.39, 0.29) is 41.3 Å². The topological polar surface area (TPSA) is 74.7 Å². The summed E-state index contributed by atoms with van der Waals surface area (Å²) in [5.41, 5.74) is 1.32. The van der Waals surface area contributed by atoms with Gasteiger partial charge >= 0.3 is 0 Å². The molecule has 1 amide bonds. The summed E-state index contributed by atoms with van der Waals surface area (Å²) in [6.07, 6.45) is 5.42. The fourth-order valence-electron chi connectivity index (χ4n) is 5.13. The van der Waals surface area contributed by atoms with E-state index in [9.17, 15) is 13.6 Å². The number of halogens is 2. The number of nitrogens with zero attached hydrogens (tertiary/aromatic N) is 6. The second kappa shape index (κ2) is 10.6. The molecule has 0 saturated carbocycles. The molecular weight excluding hydrogens is 490 g/mol. The van der Waals surface area contributed by atoms with Crippen LogP contribution in [0.25, 0.3) is 11.3 Å². The van der Waals surface area contributed by atoms with Crippen molar-refractivity contribution in [3.8, 4) is 17.0 Å². The zero-order valence-corrected chi connectivity index (χ0v) is 22.1. The van der Waals surface area contributed by atoms with Crippen molar-refractivity contribution < 1.29 is 18.3 Å². The van der Waals surface area contributed by atoms with Crippen LogP contribution in [0.5, 0.6) is 5.75 Å². The Morgan fingerprint density at radius 2 is 1.84 bits per heavy atom. The summed E-state index contributed by atoms with van der Waals surface area (Å²) in [6.45, 7) is 5.33. The Balaban J connectivity index is 1.36. The van der Waals surface area contributed by atoms with Gasteiger partial charge in [0.1, 0.15) is 17.3 Å². The van der Waals surface area contributed by atoms with Crippen LogP contribution in [-0.2, 0) is 11.2 Å². The molecule has 1 saturated heterocycles. The molecule has 0 unspecified atom stereocenters. The van der Waals surface area contributed by atoms with Crippen LogP contribution in [-0.4, -0.2) is 71.6 Å². The average Bonchev–Trinajstić information content (AvgIpc) is 2.89. The number of aromatic nitrogens is 3. The van der Waals surface area contributed by atoms with Crippen molar-refractivity contribution in [2.24, 2.45) is 0 Å². The maximum atomic E-state index is 15.0. The Kier molecular flexibility index (Phi) is 7.25. The van der Waals surface area contributed by atoms with Crippen molar-refractivity contribution in [2.45, 2.75) is 45.2 Å². The fourth-order valence-corrected chi connectivity index (χ4v) is 5.13. The minimum atomic E-state index is -0.679. The largest absolute Gasteiger partial charge is 0.478 e. The minimum Gasteiger partial charge on any atom is -0.478 e. The van der Waals surface area contributed by atoms with E-state index in [0.717, 1.165) is 43.5 Å². The first-order valence-electron chi connectivity index (χ1n) is 12.9. The second-order valence-corrected chi connectivity index (χ2v) is 10.3. The van der Waals surface area contributed by atoms with Crippen LogP contribution < -0.4 is 14.5 Å². The normalized spacial score (nSPS) is 16.3. The smallest absolute Gasteiger partial charge is 0.265 e. The van der Waals surface area contributed by atoms with Crippen molar-refractivity contribution in [1.82, 2.24) is 19.9 Å². The molecule has 0 aliphatic carbocycles. The second-order valence-electron chi connectivity index (χ2n) is 10.3. The van der Waals surface area contributed by atoms with Crippen molar-refractivity contribution in [1.29, 1.82) is 0 Å². The molecule has 38 heavy (non-hydrogen) atoms. The highest BCUT2D eigenvalue weighted by Crippen LogP contribution is 2.39. The van der Waals surface area contributed by atoms with E-state index in [1.54, 1.807) is 12.3 Å². The van der Waals surface area contributed by atoms with Gasteiger partial charge in [-0.3, -0.25) is 4.79 Å². The van der Waals surface area contributed by atoms with E-state index < -0.39 is 11.6 Å². The van der Waals surface area contributed by atoms with E-state index in [4.69, 9.17) is 4.74 Å². The predicted molar refractivity (Wildman–Crippen MR) is 141 cm³/mol. The molecule has 2 aliphatic rings. The third-order valence-electron chi connectivity index (χ3n) is 7.17. The monoisotopic (exact) mass is 522 g/mol. The number of carbonyl (C=O) groups excluding carboxylic acids is 1. The quantitative estimate of drug-likeness (QED) is 0.483. The van der Waals surface area contributed by atoms with Gasteiger partial charge in [-0.25, -0.2) is 23.7 Å². The molecule has 0 radical (unpaired) electrons. The number of anilines is 2. The van der Waals surface area contributed by atoms with Gasteiger partial charge in [-0.1, -0.05) is 6.07 Å².